The molecule has 144 valence electrons. The van der Waals surface area contributed by atoms with Gasteiger partial charge in [0.2, 0.25) is 0 Å². The number of rotatable bonds is 3. The van der Waals surface area contributed by atoms with Gasteiger partial charge in [-0.05, 0) is 74.3 Å². The van der Waals surface area contributed by atoms with E-state index in [0.717, 1.165) is 42.9 Å². The lowest BCUT2D eigenvalue weighted by atomic mass is 10.1. The van der Waals surface area contributed by atoms with Crippen LogP contribution in [0.1, 0.15) is 29.7 Å². The average Bonchev–Trinajstić information content (AvgIpc) is 3.29. The molecule has 0 atom stereocenters. The molecule has 2 amide bonds. The van der Waals surface area contributed by atoms with Crippen LogP contribution in [0.25, 0.3) is 6.08 Å². The summed E-state index contributed by atoms with van der Waals surface area (Å²) in [5.74, 6) is 0.246. The van der Waals surface area contributed by atoms with E-state index in [2.05, 4.69) is 10.2 Å². The van der Waals surface area contributed by atoms with Crippen molar-refractivity contribution in [2.24, 2.45) is 0 Å². The van der Waals surface area contributed by atoms with Gasteiger partial charge in [-0.1, -0.05) is 6.07 Å². The van der Waals surface area contributed by atoms with Crippen molar-refractivity contribution in [3.8, 4) is 0 Å². The molecule has 0 bridgehead atoms. The molecule has 0 aliphatic carbocycles. The molecule has 2 fully saturated rings. The molecule has 28 heavy (non-hydrogen) atoms. The summed E-state index contributed by atoms with van der Waals surface area (Å²) in [6.07, 6.45) is 3.76. The molecule has 2 aromatic rings. The Morgan fingerprint density at radius 3 is 2.43 bits per heavy atom. The number of hydrogen-bond acceptors (Lipinski definition) is 5. The molecular formula is C21H21N3O3S. The second-order valence-corrected chi connectivity index (χ2v) is 7.56. The molecule has 0 unspecified atom stereocenters. The summed E-state index contributed by atoms with van der Waals surface area (Å²) in [4.78, 5) is 29.0. The number of carbonyl (C=O) groups excluding carboxylic acids is 2. The number of thiocarbonyl (C=S) groups is 1. The maximum Gasteiger partial charge on any atom is 0.270 e. The number of anilines is 2. The fraction of sp³-hybridized carbons (Fsp3) is 0.286. The lowest BCUT2D eigenvalue weighted by Gasteiger charge is -2.29. The summed E-state index contributed by atoms with van der Waals surface area (Å²) in [7, 11) is 0. The van der Waals surface area contributed by atoms with Crippen LogP contribution in [0.2, 0.25) is 0 Å². The van der Waals surface area contributed by atoms with Gasteiger partial charge in [0, 0.05) is 19.2 Å². The van der Waals surface area contributed by atoms with Gasteiger partial charge < -0.3 is 9.32 Å². The highest BCUT2D eigenvalue weighted by Crippen LogP contribution is 2.27. The Morgan fingerprint density at radius 1 is 1.07 bits per heavy atom. The molecule has 7 heteroatoms. The fourth-order valence-electron chi connectivity index (χ4n) is 3.64. The van der Waals surface area contributed by atoms with E-state index in [1.807, 2.05) is 38.1 Å². The summed E-state index contributed by atoms with van der Waals surface area (Å²) in [6, 6.07) is 9.39. The first-order valence-corrected chi connectivity index (χ1v) is 9.68. The highest BCUT2D eigenvalue weighted by molar-refractivity contribution is 7.80. The zero-order chi connectivity index (χ0) is 19.8. The predicted molar refractivity (Wildman–Crippen MR) is 112 cm³/mol. The van der Waals surface area contributed by atoms with Crippen molar-refractivity contribution in [2.75, 3.05) is 22.9 Å². The van der Waals surface area contributed by atoms with Gasteiger partial charge in [-0.2, -0.15) is 0 Å². The Hall–Kier alpha value is -2.93. The smallest absolute Gasteiger partial charge is 0.270 e. The van der Waals surface area contributed by atoms with Gasteiger partial charge in [-0.3, -0.25) is 19.8 Å². The third-order valence-corrected chi connectivity index (χ3v) is 5.17. The minimum atomic E-state index is -0.519. The van der Waals surface area contributed by atoms with Crippen LogP contribution in [0, 0.1) is 13.8 Å². The summed E-state index contributed by atoms with van der Waals surface area (Å²) >= 11 is 5.26. The largest absolute Gasteiger partial charge is 0.441 e. The van der Waals surface area contributed by atoms with Crippen molar-refractivity contribution < 1.29 is 14.0 Å². The van der Waals surface area contributed by atoms with Crippen LogP contribution < -0.4 is 15.1 Å². The van der Waals surface area contributed by atoms with E-state index in [0.29, 0.717) is 11.4 Å². The molecule has 4 rings (SSSR count). The highest BCUT2D eigenvalue weighted by Gasteiger charge is 2.35. The van der Waals surface area contributed by atoms with Crippen molar-refractivity contribution in [3.05, 3.63) is 52.8 Å². The first kappa shape index (κ1) is 18.4. The molecule has 0 spiro atoms. The second-order valence-electron chi connectivity index (χ2n) is 7.17. The van der Waals surface area contributed by atoms with Crippen molar-refractivity contribution in [1.29, 1.82) is 0 Å². The van der Waals surface area contributed by atoms with E-state index < -0.39 is 11.8 Å². The lowest BCUT2D eigenvalue weighted by molar-refractivity contribution is -0.122. The van der Waals surface area contributed by atoms with Crippen LogP contribution in [-0.2, 0) is 9.59 Å². The standard InChI is InChI=1S/C21H21N3O3S/c1-13-9-14(2)11-15(10-13)24-20(26)17(19(25)22-21(24)28)12-16-5-6-18(27-16)23-7-3-4-8-23/h5-6,9-12H,3-4,7-8H2,1-2H3,(H,22,25,28)/b17-12+. The number of nitrogens with zero attached hydrogens (tertiary/aromatic N) is 2. The topological polar surface area (TPSA) is 65.8 Å². The molecule has 0 saturated carbocycles. The van der Waals surface area contributed by atoms with Gasteiger partial charge in [0.15, 0.2) is 11.0 Å². The Kier molecular flexibility index (Phi) is 4.77. The van der Waals surface area contributed by atoms with Crippen LogP contribution in [-0.4, -0.2) is 30.0 Å². The second kappa shape index (κ2) is 7.24. The Morgan fingerprint density at radius 2 is 1.75 bits per heavy atom. The summed E-state index contributed by atoms with van der Waals surface area (Å²) < 4.78 is 5.84. The maximum atomic E-state index is 13.1. The number of furan rings is 1. The van der Waals surface area contributed by atoms with Gasteiger partial charge in [0.1, 0.15) is 11.3 Å². The van der Waals surface area contributed by atoms with Gasteiger partial charge in [-0.25, -0.2) is 0 Å². The minimum Gasteiger partial charge on any atom is -0.441 e. The van der Waals surface area contributed by atoms with E-state index in [-0.39, 0.29) is 10.7 Å². The average molecular weight is 395 g/mol. The SMILES string of the molecule is Cc1cc(C)cc(N2C(=O)/C(=C/c3ccc(N4CCCC4)o3)C(=O)NC2=S)c1. The van der Waals surface area contributed by atoms with E-state index >= 15 is 0 Å². The van der Waals surface area contributed by atoms with Gasteiger partial charge >= 0.3 is 0 Å². The Balaban J connectivity index is 1.66. The minimum absolute atomic E-state index is 0.00455. The monoisotopic (exact) mass is 395 g/mol. The third kappa shape index (κ3) is 3.45. The summed E-state index contributed by atoms with van der Waals surface area (Å²) in [5, 5.41) is 2.68. The normalized spacial score (nSPS) is 18.9. The molecule has 3 heterocycles. The Bertz CT molecular complexity index is 982. The number of amides is 2. The van der Waals surface area contributed by atoms with Gasteiger partial charge in [0.25, 0.3) is 11.8 Å². The molecule has 1 aromatic heterocycles. The zero-order valence-corrected chi connectivity index (χ0v) is 16.6. The number of hydrogen-bond donors (Lipinski definition) is 1. The van der Waals surface area contributed by atoms with E-state index in [9.17, 15) is 9.59 Å². The van der Waals surface area contributed by atoms with Gasteiger partial charge in [-0.15, -0.1) is 0 Å². The van der Waals surface area contributed by atoms with E-state index in [1.165, 1.54) is 11.0 Å². The molecule has 6 nitrogen and oxygen atoms in total. The van der Waals surface area contributed by atoms with Crippen LogP contribution >= 0.6 is 12.2 Å². The molecule has 2 aliphatic heterocycles. The molecule has 0 radical (unpaired) electrons. The molecular weight excluding hydrogens is 374 g/mol. The number of aryl methyl sites for hydroxylation is 2. The lowest BCUT2D eigenvalue weighted by Crippen LogP contribution is -2.54. The zero-order valence-electron chi connectivity index (χ0n) is 15.8. The highest BCUT2D eigenvalue weighted by atomic mass is 32.1. The predicted octanol–water partition coefficient (Wildman–Crippen LogP) is 3.33. The van der Waals surface area contributed by atoms with E-state index in [4.69, 9.17) is 16.6 Å². The molecule has 2 saturated heterocycles. The number of nitrogens with one attached hydrogen (secondary N) is 1. The van der Waals surface area contributed by atoms with E-state index in [1.54, 1.807) is 6.07 Å². The quantitative estimate of drug-likeness (QED) is 0.491. The van der Waals surface area contributed by atoms with Crippen molar-refractivity contribution in [2.45, 2.75) is 26.7 Å². The van der Waals surface area contributed by atoms with Crippen LogP contribution in [0.5, 0.6) is 0 Å². The maximum absolute atomic E-state index is 13.1. The number of carbonyl (C=O) groups is 2. The fourth-order valence-corrected chi connectivity index (χ4v) is 3.92. The first-order chi connectivity index (χ1) is 13.4. The first-order valence-electron chi connectivity index (χ1n) is 9.27. The molecule has 1 aromatic carbocycles. The van der Waals surface area contributed by atoms with Gasteiger partial charge in [0.05, 0.1) is 5.69 Å². The van der Waals surface area contributed by atoms with Crippen molar-refractivity contribution in [1.82, 2.24) is 5.32 Å². The number of benzene rings is 1. The van der Waals surface area contributed by atoms with Crippen molar-refractivity contribution >= 4 is 46.8 Å². The van der Waals surface area contributed by atoms with Crippen LogP contribution in [0.15, 0.2) is 40.3 Å². The summed E-state index contributed by atoms with van der Waals surface area (Å²) in [5.41, 5.74) is 2.65. The third-order valence-electron chi connectivity index (χ3n) is 4.88. The van der Waals surface area contributed by atoms with Crippen LogP contribution in [0.4, 0.5) is 11.6 Å². The van der Waals surface area contributed by atoms with Crippen molar-refractivity contribution in [3.63, 3.8) is 0 Å². The molecule has 1 N–H and O–H groups in total. The molecule has 2 aliphatic rings. The van der Waals surface area contributed by atoms with Crippen LogP contribution in [0.3, 0.4) is 0 Å². The summed E-state index contributed by atoms with van der Waals surface area (Å²) in [6.45, 7) is 5.81. The Labute approximate surface area is 168 Å².